The molecule has 0 fully saturated rings. The predicted octanol–water partition coefficient (Wildman–Crippen LogP) is 19.3. The van der Waals surface area contributed by atoms with Crippen LogP contribution in [0.25, 0.3) is 11.5 Å². The third-order valence-electron chi connectivity index (χ3n) is 4.98. The summed E-state index contributed by atoms with van der Waals surface area (Å²) in [5.74, 6) is 9.32. The van der Waals surface area contributed by atoms with Gasteiger partial charge < -0.3 is 29.7 Å². The van der Waals surface area contributed by atoms with Gasteiger partial charge in [-0.1, -0.05) is 226 Å². The first-order valence-corrected chi connectivity index (χ1v) is 27.6. The molecule has 0 unspecified atom stereocenters. The number of amides is 4. The molecule has 15 nitrogen and oxygen atoms in total. The van der Waals surface area contributed by atoms with Crippen molar-refractivity contribution in [3.05, 3.63) is 144 Å². The molecule has 4 radical (unpaired) electrons. The number of rotatable bonds is 4. The minimum atomic E-state index is -0.462. The molecule has 0 aliphatic carbocycles. The van der Waals surface area contributed by atoms with Crippen molar-refractivity contribution in [3.63, 3.8) is 0 Å². The van der Waals surface area contributed by atoms with Gasteiger partial charge in [-0.2, -0.15) is 5.10 Å². The Morgan fingerprint density at radius 3 is 0.833 bits per heavy atom. The summed E-state index contributed by atoms with van der Waals surface area (Å²) in [5, 5.41) is 6.77. The van der Waals surface area contributed by atoms with Crippen LogP contribution in [0.1, 0.15) is 261 Å². The molecule has 4 aromatic carbocycles. The molecule has 0 saturated carbocycles. The van der Waals surface area contributed by atoms with E-state index >= 15 is 0 Å². The second-order valence-electron chi connectivity index (χ2n) is 9.28. The van der Waals surface area contributed by atoms with Gasteiger partial charge in [-0.25, -0.2) is 5.84 Å². The van der Waals surface area contributed by atoms with Gasteiger partial charge in [-0.15, -0.1) is 138 Å². The minimum Gasteiger partial charge on any atom is -0.468 e. The number of halogens is 2. The van der Waals surface area contributed by atoms with Crippen molar-refractivity contribution in [2.24, 2.45) is 11.7 Å². The fourth-order valence-corrected chi connectivity index (χ4v) is 2.92. The van der Waals surface area contributed by atoms with Gasteiger partial charge in [0, 0.05) is 253 Å². The van der Waals surface area contributed by atoms with Crippen LogP contribution in [0.4, 0.5) is 0 Å². The van der Waals surface area contributed by atoms with Gasteiger partial charge in [-0.05, 0) is 11.6 Å². The molecule has 1 heterocycles. The summed E-state index contributed by atoms with van der Waals surface area (Å²) in [6.45, 7) is 53.7. The molecule has 540 valence electrons. The zero-order valence-corrected chi connectivity index (χ0v) is 66.0. The molecule has 0 aliphatic rings. The van der Waals surface area contributed by atoms with Crippen LogP contribution >= 0.6 is 23.2 Å². The number of hydrogen-bond acceptors (Lipinski definition) is 11. The van der Waals surface area contributed by atoms with Crippen molar-refractivity contribution in [1.29, 1.82) is 0 Å². The monoisotopic (exact) mass is 1570 g/mol. The number of benzene rings is 4. The van der Waals surface area contributed by atoms with Crippen LogP contribution in [-0.4, -0.2) is 44.3 Å². The second kappa shape index (κ2) is 174. The summed E-state index contributed by atoms with van der Waals surface area (Å²) in [4.78, 5) is 61.5. The third kappa shape index (κ3) is 154. The molecule has 5 rings (SSSR count). The number of nitrogens with two attached hydrogens (primary N) is 2. The van der Waals surface area contributed by atoms with Crippen molar-refractivity contribution in [2.45, 2.75) is 231 Å². The average Bonchev–Trinajstić information content (AvgIpc) is 3.97. The first-order valence-electron chi connectivity index (χ1n) is 26.8. The molecule has 0 aliphatic heterocycles. The predicted molar refractivity (Wildman–Crippen MR) is 367 cm³/mol. The standard InChI is InChI=1S/C9H9N2O2.C9H7N2O.C7H4ClO.C7H7N2O.C2H3ClO.C2H6N2O.12C2H6.5CH4.4Ar.4V/c1-7(12)10-11-9(13)8-5-3-2-4-6-8;1-7-10-11-9(12-7)8-5-3-2-4-6-8;8-7(9)6-4-2-1-3-5-6;8-9-7(10)6-4-2-1-3-5-6;1-2(3)4;1-2(5)4-3;12*1-2;;;;;;;;;;;;;/h2-5H,1H3,(H,10,12)(H,11,13);2-5H,1H3;1-4H;1-4H,8H2,(H,9,10);1H3;3H2,1H3,(H,4,5);12*1-2H3;5*1H4;;;;;;;;/q4*-1;;;;;;;;;;;;;;;;;;;;;;;;;;;. The third-order valence-corrected chi connectivity index (χ3v) is 5.18. The Hall–Kier alpha value is 1.12. The zero-order chi connectivity index (χ0) is 64.0. The SMILES string of the molecule is C.C.C.C.C.CC.CC.CC.CC.CC.CC.CC.CC.CC.CC.CC.CC.CC(=O)Cl.CC(=O)NN.CC(=O)NNC(=O)c1[c-]cccc1.Cc1nnc(-c2[c-]cccc2)o1.NNC(=O)c1[c-]cccc1.O=C(Cl)c1[c-]cccc1.[Ar].[Ar].[Ar].[Ar].[V].[V].[V].[V]. The van der Waals surface area contributed by atoms with Gasteiger partial charge in [0.15, 0.2) is 22.9 Å². The van der Waals surface area contributed by atoms with E-state index in [1.165, 1.54) is 20.8 Å². The summed E-state index contributed by atoms with van der Waals surface area (Å²) < 4.78 is 5.22. The fourth-order valence-electron chi connectivity index (χ4n) is 2.81. The first kappa shape index (κ1) is 175. The number of carbonyl (C=O) groups excluding carboxylic acids is 6. The number of nitrogens with one attached hydrogen (secondary N) is 4. The Morgan fingerprint density at radius 2 is 0.656 bits per heavy atom. The molecule has 0 atom stereocenters. The van der Waals surface area contributed by atoms with Crippen LogP contribution in [0.3, 0.4) is 0 Å². The van der Waals surface area contributed by atoms with E-state index in [4.69, 9.17) is 21.9 Å². The van der Waals surface area contributed by atoms with Crippen LogP contribution in [0.5, 0.6) is 0 Å². The summed E-state index contributed by atoms with van der Waals surface area (Å²) in [7, 11) is 0. The molecule has 5 aromatic rings. The molecule has 0 bridgehead atoms. The maximum atomic E-state index is 11.2. The second-order valence-corrected chi connectivity index (χ2v) is 10.2. The fraction of sp³-hybridized carbons (Fsp3) is 0.508. The van der Waals surface area contributed by atoms with Crippen molar-refractivity contribution in [1.82, 2.24) is 31.9 Å². The first-order chi connectivity index (χ1) is 37.2. The molecular formula is C65H128Ar4Cl2N8O7V4-4. The topological polar surface area (TPSA) is 241 Å². The van der Waals surface area contributed by atoms with Crippen molar-refractivity contribution in [2.75, 3.05) is 0 Å². The molecule has 0 saturated heterocycles. The number of hydrogen-bond donors (Lipinski definition) is 6. The van der Waals surface area contributed by atoms with Crippen LogP contribution in [0.2, 0.25) is 0 Å². The van der Waals surface area contributed by atoms with Gasteiger partial charge in [-0.3, -0.25) is 31.1 Å². The summed E-state index contributed by atoms with van der Waals surface area (Å²) in [6, 6.07) is 39.0. The Morgan fingerprint density at radius 1 is 0.400 bits per heavy atom. The van der Waals surface area contributed by atoms with Crippen molar-refractivity contribution in [3.8, 4) is 11.5 Å². The molecule has 4 amide bonds. The molecule has 90 heavy (non-hydrogen) atoms. The van der Waals surface area contributed by atoms with Crippen LogP contribution in [-0.2, 0) is 88.6 Å². The maximum Gasteiger partial charge on any atom is 0.234 e. The minimum absolute atomic E-state index is 0. The van der Waals surface area contributed by atoms with Crippen LogP contribution in [0.15, 0.2) is 101 Å². The van der Waals surface area contributed by atoms with E-state index in [0.29, 0.717) is 28.5 Å². The molecular weight excluding hydrogens is 1440 g/mol. The average molecular weight is 1570 g/mol. The van der Waals surface area contributed by atoms with E-state index in [-0.39, 0.29) is 291 Å². The number of carbonyl (C=O) groups is 6. The number of nitrogen functional groups attached to an aromatic ring is 1. The number of hydrazine groups is 3. The maximum absolute atomic E-state index is 11.2. The van der Waals surface area contributed by atoms with E-state index in [2.05, 4.69) is 62.8 Å². The normalized spacial score (nSPS) is 6.00. The quantitative estimate of drug-likeness (QED) is 0.0325. The van der Waals surface area contributed by atoms with Gasteiger partial charge in [0.2, 0.25) is 22.9 Å². The van der Waals surface area contributed by atoms with Gasteiger partial charge in [0.25, 0.3) is 0 Å². The van der Waals surface area contributed by atoms with Crippen molar-refractivity contribution < 1.29 is 258 Å². The number of aromatic nitrogens is 2. The largest absolute Gasteiger partial charge is 0.468 e. The molecule has 0 spiro atoms. The van der Waals surface area contributed by atoms with E-state index in [1.807, 2.05) is 201 Å². The summed E-state index contributed by atoms with van der Waals surface area (Å²) >= 11 is 9.77. The van der Waals surface area contributed by atoms with E-state index < -0.39 is 5.24 Å². The Labute approximate surface area is 734 Å². The van der Waals surface area contributed by atoms with E-state index in [0.717, 1.165) is 5.56 Å². The van der Waals surface area contributed by atoms with Gasteiger partial charge >= 0.3 is 0 Å². The van der Waals surface area contributed by atoms with Gasteiger partial charge in [0.05, 0.1) is 0 Å². The smallest absolute Gasteiger partial charge is 0.234 e. The van der Waals surface area contributed by atoms with E-state index in [9.17, 15) is 28.8 Å². The Kier molecular flexibility index (Phi) is 338. The number of nitrogens with zero attached hydrogens (tertiary/aromatic N) is 2. The van der Waals surface area contributed by atoms with Crippen molar-refractivity contribution >= 4 is 57.3 Å². The summed E-state index contributed by atoms with van der Waals surface area (Å²) in [6.07, 6.45) is 0. The molecule has 8 N–H and O–H groups in total. The number of aryl methyl sites for hydroxylation is 1. The van der Waals surface area contributed by atoms with Crippen LogP contribution in [0, 0.1) is 182 Å². The summed E-state index contributed by atoms with van der Waals surface area (Å²) in [5.41, 5.74) is 10.4. The van der Waals surface area contributed by atoms with Gasteiger partial charge in [0.1, 0.15) is 0 Å². The Bertz CT molecular complexity index is 1870. The zero-order valence-electron chi connectivity index (χ0n) is 56.1. The van der Waals surface area contributed by atoms with E-state index in [1.54, 1.807) is 79.7 Å². The van der Waals surface area contributed by atoms with Crippen LogP contribution < -0.4 is 33.4 Å². The molecule has 1 aromatic heterocycles. The Balaban J connectivity index is -0.0000000211. The molecule has 25 heteroatoms.